The summed E-state index contributed by atoms with van der Waals surface area (Å²) in [5, 5.41) is 16.1. The third-order valence-electron chi connectivity index (χ3n) is 4.13. The van der Waals surface area contributed by atoms with Crippen molar-refractivity contribution in [3.8, 4) is 0 Å². The number of nitrogens with two attached hydrogens (primary N) is 2. The van der Waals surface area contributed by atoms with Gasteiger partial charge in [0.05, 0.1) is 12.4 Å². The number of carbonyl (C=O) groups excluding carboxylic acids is 4. The minimum Gasteiger partial charge on any atom is -0.480 e. The highest BCUT2D eigenvalue weighted by Gasteiger charge is 2.28. The van der Waals surface area contributed by atoms with E-state index in [1.165, 1.54) is 26.4 Å². The van der Waals surface area contributed by atoms with Crippen molar-refractivity contribution in [1.29, 1.82) is 0 Å². The Hall–Kier alpha value is -3.48. The van der Waals surface area contributed by atoms with Crippen LogP contribution in [0.4, 0.5) is 0 Å². The number of aliphatic carboxylic acids is 1. The number of rotatable bonds is 12. The molecule has 1 aromatic rings. The van der Waals surface area contributed by atoms with Gasteiger partial charge in [0.15, 0.2) is 0 Å². The van der Waals surface area contributed by atoms with E-state index in [4.69, 9.17) is 16.6 Å². The van der Waals surface area contributed by atoms with Gasteiger partial charge in [-0.15, -0.1) is 0 Å². The molecule has 1 rings (SSSR count). The number of aromatic amines is 1. The van der Waals surface area contributed by atoms with E-state index in [1.807, 2.05) is 0 Å². The summed E-state index contributed by atoms with van der Waals surface area (Å²) >= 11 is 0. The molecule has 0 saturated carbocycles. The third-order valence-corrected chi connectivity index (χ3v) is 4.13. The Morgan fingerprint density at radius 2 is 1.70 bits per heavy atom. The molecule has 0 saturated heterocycles. The van der Waals surface area contributed by atoms with Crippen LogP contribution < -0.4 is 27.4 Å². The number of nitrogens with one attached hydrogen (secondary N) is 4. The maximum atomic E-state index is 12.5. The van der Waals surface area contributed by atoms with Gasteiger partial charge in [0.25, 0.3) is 0 Å². The molecule has 9 N–H and O–H groups in total. The van der Waals surface area contributed by atoms with Gasteiger partial charge in [-0.25, -0.2) is 4.98 Å². The molecule has 4 unspecified atom stereocenters. The molecule has 0 aliphatic rings. The smallest absolute Gasteiger partial charge is 0.325 e. The fraction of sp³-hybridized carbons (Fsp3) is 0.529. The summed E-state index contributed by atoms with van der Waals surface area (Å²) in [7, 11) is 0. The van der Waals surface area contributed by atoms with Gasteiger partial charge in [0.1, 0.15) is 18.1 Å². The van der Waals surface area contributed by atoms with E-state index >= 15 is 0 Å². The van der Waals surface area contributed by atoms with Gasteiger partial charge in [-0.3, -0.25) is 24.0 Å². The molecule has 0 fully saturated rings. The van der Waals surface area contributed by atoms with Crippen molar-refractivity contribution in [2.45, 2.75) is 57.3 Å². The SMILES string of the molecule is CC(NC(=O)C(Cc1cnc[nH]1)NC(=O)C(C)NC(=O)C(N)CCC(N)=O)C(=O)O. The number of carboxylic acids is 1. The van der Waals surface area contributed by atoms with Crippen LogP contribution in [0.5, 0.6) is 0 Å². The molecule has 13 heteroatoms. The Morgan fingerprint density at radius 3 is 2.23 bits per heavy atom. The van der Waals surface area contributed by atoms with E-state index in [2.05, 4.69) is 25.9 Å². The Kier molecular flexibility index (Phi) is 9.42. The van der Waals surface area contributed by atoms with Crippen molar-refractivity contribution in [3.05, 3.63) is 18.2 Å². The summed E-state index contributed by atoms with van der Waals surface area (Å²) in [5.74, 6) is -3.90. The molecular formula is C17H27N7O6. The lowest BCUT2D eigenvalue weighted by Crippen LogP contribution is -2.56. The Labute approximate surface area is 172 Å². The van der Waals surface area contributed by atoms with Crippen LogP contribution in [0.15, 0.2) is 12.5 Å². The third kappa shape index (κ3) is 8.26. The summed E-state index contributed by atoms with van der Waals surface area (Å²) < 4.78 is 0. The lowest BCUT2D eigenvalue weighted by molar-refractivity contribution is -0.141. The van der Waals surface area contributed by atoms with Crippen molar-refractivity contribution >= 4 is 29.6 Å². The first-order chi connectivity index (χ1) is 14.0. The number of aromatic nitrogens is 2. The summed E-state index contributed by atoms with van der Waals surface area (Å²) in [6.07, 6.45) is 2.80. The number of imidazole rings is 1. The van der Waals surface area contributed by atoms with Crippen molar-refractivity contribution in [1.82, 2.24) is 25.9 Å². The van der Waals surface area contributed by atoms with Gasteiger partial charge in [0.2, 0.25) is 23.6 Å². The summed E-state index contributed by atoms with van der Waals surface area (Å²) in [6, 6.07) is -4.37. The zero-order valence-corrected chi connectivity index (χ0v) is 16.7. The first-order valence-corrected chi connectivity index (χ1v) is 9.16. The van der Waals surface area contributed by atoms with Gasteiger partial charge in [-0.2, -0.15) is 0 Å². The second kappa shape index (κ2) is 11.5. The van der Waals surface area contributed by atoms with E-state index in [0.29, 0.717) is 5.69 Å². The quantitative estimate of drug-likeness (QED) is 0.184. The van der Waals surface area contributed by atoms with Gasteiger partial charge in [-0.05, 0) is 20.3 Å². The van der Waals surface area contributed by atoms with Crippen molar-refractivity contribution < 1.29 is 29.1 Å². The van der Waals surface area contributed by atoms with Crippen LogP contribution in [0, 0.1) is 0 Å². The molecule has 0 spiro atoms. The van der Waals surface area contributed by atoms with Crippen molar-refractivity contribution in [2.24, 2.45) is 11.5 Å². The zero-order chi connectivity index (χ0) is 22.8. The number of carboxylic acid groups (broad SMARTS) is 1. The molecular weight excluding hydrogens is 398 g/mol. The first kappa shape index (κ1) is 24.6. The molecule has 0 aromatic carbocycles. The maximum absolute atomic E-state index is 12.5. The molecule has 1 aromatic heterocycles. The van der Waals surface area contributed by atoms with Gasteiger partial charge < -0.3 is 37.5 Å². The first-order valence-electron chi connectivity index (χ1n) is 9.16. The van der Waals surface area contributed by atoms with Gasteiger partial charge >= 0.3 is 5.97 Å². The maximum Gasteiger partial charge on any atom is 0.325 e. The molecule has 0 bridgehead atoms. The Bertz CT molecular complexity index is 767. The molecule has 0 aliphatic carbocycles. The van der Waals surface area contributed by atoms with Crippen molar-refractivity contribution in [2.75, 3.05) is 0 Å². The number of amides is 4. The molecule has 13 nitrogen and oxygen atoms in total. The Morgan fingerprint density at radius 1 is 1.07 bits per heavy atom. The van der Waals surface area contributed by atoms with Crippen LogP contribution in [-0.4, -0.2) is 68.8 Å². The summed E-state index contributed by atoms with van der Waals surface area (Å²) in [4.78, 5) is 65.3. The van der Waals surface area contributed by atoms with Crippen LogP contribution in [-0.2, 0) is 30.4 Å². The fourth-order valence-electron chi connectivity index (χ4n) is 2.31. The highest BCUT2D eigenvalue weighted by atomic mass is 16.4. The zero-order valence-electron chi connectivity index (χ0n) is 16.7. The summed E-state index contributed by atoms with van der Waals surface area (Å²) in [5.41, 5.74) is 11.2. The van der Waals surface area contributed by atoms with Crippen LogP contribution >= 0.6 is 0 Å². The molecule has 0 aliphatic heterocycles. The highest BCUT2D eigenvalue weighted by molar-refractivity contribution is 5.94. The second-order valence-corrected chi connectivity index (χ2v) is 6.75. The number of primary amides is 1. The predicted molar refractivity (Wildman–Crippen MR) is 103 cm³/mol. The summed E-state index contributed by atoms with van der Waals surface area (Å²) in [6.45, 7) is 2.67. The Balaban J connectivity index is 2.75. The van der Waals surface area contributed by atoms with Crippen molar-refractivity contribution in [3.63, 3.8) is 0 Å². The topological polar surface area (TPSA) is 222 Å². The largest absolute Gasteiger partial charge is 0.480 e. The van der Waals surface area contributed by atoms with Crippen LogP contribution in [0.3, 0.4) is 0 Å². The second-order valence-electron chi connectivity index (χ2n) is 6.75. The minimum atomic E-state index is -1.24. The van der Waals surface area contributed by atoms with Crippen LogP contribution in [0.25, 0.3) is 0 Å². The number of carbonyl (C=O) groups is 5. The average molecular weight is 425 g/mol. The van der Waals surface area contributed by atoms with E-state index in [1.54, 1.807) is 0 Å². The van der Waals surface area contributed by atoms with E-state index in [-0.39, 0.29) is 19.3 Å². The van der Waals surface area contributed by atoms with E-state index in [0.717, 1.165) is 0 Å². The predicted octanol–water partition coefficient (Wildman–Crippen LogP) is -2.88. The fourth-order valence-corrected chi connectivity index (χ4v) is 2.31. The minimum absolute atomic E-state index is 0.0166. The number of hydrogen-bond acceptors (Lipinski definition) is 7. The molecule has 1 heterocycles. The van der Waals surface area contributed by atoms with Gasteiger partial charge in [0, 0.05) is 24.7 Å². The molecule has 4 atom stereocenters. The molecule has 4 amide bonds. The molecule has 30 heavy (non-hydrogen) atoms. The van der Waals surface area contributed by atoms with Gasteiger partial charge in [-0.1, -0.05) is 0 Å². The normalized spacial score (nSPS) is 14.6. The standard InChI is InChI=1S/C17H27N7O6/c1-8(22-15(27)11(18)3-4-13(19)25)14(26)24-12(5-10-6-20-7-21-10)16(28)23-9(2)17(29)30/h6-9,11-12H,3-5,18H2,1-2H3,(H2,19,25)(H,20,21)(H,22,27)(H,23,28)(H,24,26)(H,29,30). The van der Waals surface area contributed by atoms with Crippen LogP contribution in [0.2, 0.25) is 0 Å². The average Bonchev–Trinajstić information content (AvgIpc) is 3.18. The monoisotopic (exact) mass is 425 g/mol. The number of nitrogens with zero attached hydrogens (tertiary/aromatic N) is 1. The number of hydrogen-bond donors (Lipinski definition) is 7. The lowest BCUT2D eigenvalue weighted by Gasteiger charge is -2.22. The molecule has 0 radical (unpaired) electrons. The van der Waals surface area contributed by atoms with Crippen LogP contribution in [0.1, 0.15) is 32.4 Å². The molecule has 166 valence electrons. The highest BCUT2D eigenvalue weighted by Crippen LogP contribution is 2.01. The lowest BCUT2D eigenvalue weighted by atomic mass is 10.1. The number of H-pyrrole nitrogens is 1. The van der Waals surface area contributed by atoms with E-state index in [9.17, 15) is 24.0 Å². The van der Waals surface area contributed by atoms with E-state index < -0.39 is 53.8 Å².